The second-order valence-corrected chi connectivity index (χ2v) is 9.34. The van der Waals surface area contributed by atoms with Gasteiger partial charge in [0.1, 0.15) is 12.1 Å². The first-order valence-corrected chi connectivity index (χ1v) is 9.92. The summed E-state index contributed by atoms with van der Waals surface area (Å²) in [6.07, 6.45) is 1.28. The number of piperazine rings is 1. The fourth-order valence-electron chi connectivity index (χ4n) is 3.47. The Morgan fingerprint density at radius 1 is 1.16 bits per heavy atom. The topological polar surface area (TPSA) is 111 Å². The van der Waals surface area contributed by atoms with E-state index in [1.807, 2.05) is 6.92 Å². The molecule has 3 heterocycles. The van der Waals surface area contributed by atoms with E-state index in [0.29, 0.717) is 26.2 Å². The molecule has 0 atom stereocenters. The lowest BCUT2D eigenvalue weighted by atomic mass is 9.92. The first-order chi connectivity index (χ1) is 11.7. The van der Waals surface area contributed by atoms with E-state index >= 15 is 0 Å². The predicted molar refractivity (Wildman–Crippen MR) is 87.0 cm³/mol. The zero-order valence-electron chi connectivity index (χ0n) is 14.2. The molecule has 25 heavy (non-hydrogen) atoms. The lowest BCUT2D eigenvalue weighted by Gasteiger charge is -2.48. The Morgan fingerprint density at radius 2 is 1.80 bits per heavy atom. The zero-order valence-corrected chi connectivity index (χ0v) is 15.0. The number of nitrogens with zero attached hydrogens (tertiary/aromatic N) is 3. The number of likely N-dealkylation sites (tertiary alicyclic amines) is 1. The number of nitrogens with one attached hydrogen (secondary N) is 2. The van der Waals surface area contributed by atoms with E-state index < -0.39 is 21.8 Å². The third-order valence-corrected chi connectivity index (χ3v) is 7.12. The molecule has 0 aromatic carbocycles. The van der Waals surface area contributed by atoms with Gasteiger partial charge in [-0.25, -0.2) is 9.59 Å². The minimum atomic E-state index is -3.50. The van der Waals surface area contributed by atoms with Gasteiger partial charge in [0.15, 0.2) is 0 Å². The van der Waals surface area contributed by atoms with Gasteiger partial charge >= 0.3 is 12.1 Å². The van der Waals surface area contributed by atoms with Gasteiger partial charge in [-0.15, -0.1) is 0 Å². The molecule has 1 saturated carbocycles. The van der Waals surface area contributed by atoms with Crippen molar-refractivity contribution in [1.82, 2.24) is 24.1 Å². The van der Waals surface area contributed by atoms with E-state index in [9.17, 15) is 18.0 Å². The molecule has 1 spiro atoms. The van der Waals surface area contributed by atoms with Crippen molar-refractivity contribution >= 4 is 22.3 Å². The molecule has 3 aliphatic heterocycles. The normalized spacial score (nSPS) is 27.6. The highest BCUT2D eigenvalue weighted by molar-refractivity contribution is 7.87. The Morgan fingerprint density at radius 3 is 2.32 bits per heavy atom. The number of alkyl carbamates (subject to hydrolysis) is 1. The van der Waals surface area contributed by atoms with Gasteiger partial charge < -0.3 is 19.9 Å². The smallest absolute Gasteiger partial charge is 0.407 e. The second-order valence-electron chi connectivity index (χ2n) is 7.67. The monoisotopic (exact) mass is 373 g/mol. The van der Waals surface area contributed by atoms with Crippen LogP contribution in [0.25, 0.3) is 0 Å². The van der Waals surface area contributed by atoms with Crippen LogP contribution in [0, 0.1) is 0 Å². The minimum absolute atomic E-state index is 0.120. The van der Waals surface area contributed by atoms with Gasteiger partial charge in [0, 0.05) is 31.7 Å². The van der Waals surface area contributed by atoms with Crippen LogP contribution in [0.1, 0.15) is 19.8 Å². The molecule has 0 radical (unpaired) electrons. The van der Waals surface area contributed by atoms with E-state index in [1.54, 1.807) is 9.80 Å². The summed E-state index contributed by atoms with van der Waals surface area (Å²) in [5.41, 5.74) is -0.743. The van der Waals surface area contributed by atoms with Gasteiger partial charge in [0.05, 0.1) is 13.1 Å². The van der Waals surface area contributed by atoms with Crippen LogP contribution in [-0.2, 0) is 14.9 Å². The van der Waals surface area contributed by atoms with Gasteiger partial charge in [-0.2, -0.15) is 17.4 Å². The Hall–Kier alpha value is -1.59. The van der Waals surface area contributed by atoms with Gasteiger partial charge in [-0.1, -0.05) is 0 Å². The van der Waals surface area contributed by atoms with Crippen LogP contribution in [0.4, 0.5) is 9.59 Å². The SMILES string of the molecule is CC1(NS(=O)(=O)N2CCN(C(=O)N3CC4(COC(=O)N4)C3)CC2)CC1. The first-order valence-electron chi connectivity index (χ1n) is 8.48. The maximum atomic E-state index is 12.5. The number of hydrogen-bond donors (Lipinski definition) is 2. The summed E-state index contributed by atoms with van der Waals surface area (Å²) in [6, 6.07) is -0.120. The van der Waals surface area contributed by atoms with Crippen molar-refractivity contribution in [2.24, 2.45) is 0 Å². The Bertz CT molecular complexity index is 692. The van der Waals surface area contributed by atoms with Crippen molar-refractivity contribution in [3.05, 3.63) is 0 Å². The van der Waals surface area contributed by atoms with Crippen molar-refractivity contribution < 1.29 is 22.7 Å². The Kier molecular flexibility index (Phi) is 3.68. The summed E-state index contributed by atoms with van der Waals surface area (Å²) in [7, 11) is -3.50. The largest absolute Gasteiger partial charge is 0.447 e. The molecule has 1 aliphatic carbocycles. The van der Waals surface area contributed by atoms with Crippen LogP contribution < -0.4 is 10.0 Å². The lowest BCUT2D eigenvalue weighted by molar-refractivity contribution is 0.0480. The van der Waals surface area contributed by atoms with E-state index in [0.717, 1.165) is 12.8 Å². The highest BCUT2D eigenvalue weighted by Crippen LogP contribution is 2.35. The number of ether oxygens (including phenoxy) is 1. The molecule has 140 valence electrons. The van der Waals surface area contributed by atoms with Crippen molar-refractivity contribution in [2.75, 3.05) is 45.9 Å². The fraction of sp³-hybridized carbons (Fsp3) is 0.857. The molecule has 2 N–H and O–H groups in total. The second kappa shape index (κ2) is 5.45. The number of urea groups is 1. The first kappa shape index (κ1) is 16.9. The molecule has 4 fully saturated rings. The molecule has 0 bridgehead atoms. The van der Waals surface area contributed by atoms with Crippen molar-refractivity contribution in [3.8, 4) is 0 Å². The van der Waals surface area contributed by atoms with E-state index in [2.05, 4.69) is 10.0 Å². The van der Waals surface area contributed by atoms with Crippen molar-refractivity contribution in [3.63, 3.8) is 0 Å². The van der Waals surface area contributed by atoms with E-state index in [4.69, 9.17) is 4.74 Å². The summed E-state index contributed by atoms with van der Waals surface area (Å²) in [5.74, 6) is 0. The highest BCUT2D eigenvalue weighted by Gasteiger charge is 2.52. The number of rotatable bonds is 3. The Labute approximate surface area is 146 Å². The number of carbonyl (C=O) groups is 2. The third kappa shape index (κ3) is 3.15. The summed E-state index contributed by atoms with van der Waals surface area (Å²) >= 11 is 0. The fourth-order valence-corrected chi connectivity index (χ4v) is 5.07. The van der Waals surface area contributed by atoms with Crippen LogP contribution in [0.15, 0.2) is 0 Å². The third-order valence-electron chi connectivity index (χ3n) is 5.33. The quantitative estimate of drug-likeness (QED) is 0.653. The predicted octanol–water partition coefficient (Wildman–Crippen LogP) is -1.09. The molecular formula is C14H23N5O5S. The molecule has 3 amide bonds. The van der Waals surface area contributed by atoms with Gasteiger partial charge in [-0.05, 0) is 19.8 Å². The minimum Gasteiger partial charge on any atom is -0.447 e. The average molecular weight is 373 g/mol. The van der Waals surface area contributed by atoms with Gasteiger partial charge in [0.2, 0.25) is 0 Å². The van der Waals surface area contributed by atoms with Crippen LogP contribution in [0.2, 0.25) is 0 Å². The molecule has 4 rings (SSSR count). The van der Waals surface area contributed by atoms with Crippen LogP contribution in [-0.4, -0.2) is 91.6 Å². The maximum Gasteiger partial charge on any atom is 0.407 e. The maximum absolute atomic E-state index is 12.5. The summed E-state index contributed by atoms with van der Waals surface area (Å²) < 4.78 is 33.8. The van der Waals surface area contributed by atoms with Gasteiger partial charge in [0.25, 0.3) is 10.2 Å². The Balaban J connectivity index is 1.27. The molecule has 0 aromatic heterocycles. The number of cyclic esters (lactones) is 1. The molecular weight excluding hydrogens is 350 g/mol. The lowest BCUT2D eigenvalue weighted by Crippen LogP contribution is -2.72. The van der Waals surface area contributed by atoms with Crippen molar-refractivity contribution in [2.45, 2.75) is 30.8 Å². The molecule has 10 nitrogen and oxygen atoms in total. The molecule has 3 saturated heterocycles. The van der Waals surface area contributed by atoms with Crippen LogP contribution in [0.3, 0.4) is 0 Å². The number of hydrogen-bond acceptors (Lipinski definition) is 5. The molecule has 4 aliphatic rings. The highest BCUT2D eigenvalue weighted by atomic mass is 32.2. The van der Waals surface area contributed by atoms with E-state index in [-0.39, 0.29) is 31.3 Å². The van der Waals surface area contributed by atoms with E-state index in [1.165, 1.54) is 4.31 Å². The standard InChI is InChI=1S/C14H23N5O5S/c1-13(2-3-13)16-25(22,23)19-6-4-17(5-7-19)12(21)18-8-14(9-18)10-24-11(20)15-14/h16H,2-10H2,1H3,(H,15,20). The van der Waals surface area contributed by atoms with Crippen LogP contribution in [0.5, 0.6) is 0 Å². The molecule has 0 aromatic rings. The van der Waals surface area contributed by atoms with Gasteiger partial charge in [-0.3, -0.25) is 0 Å². The molecule has 11 heteroatoms. The zero-order chi connectivity index (χ0) is 17.9. The average Bonchev–Trinajstić information content (AvgIpc) is 3.10. The summed E-state index contributed by atoms with van der Waals surface area (Å²) in [4.78, 5) is 27.0. The summed E-state index contributed by atoms with van der Waals surface area (Å²) in [5, 5.41) is 2.74. The number of carbonyl (C=O) groups excluding carboxylic acids is 2. The molecule has 0 unspecified atom stereocenters. The summed E-state index contributed by atoms with van der Waals surface area (Å²) in [6.45, 7) is 4.34. The van der Waals surface area contributed by atoms with Crippen LogP contribution >= 0.6 is 0 Å². The number of amides is 3. The van der Waals surface area contributed by atoms with Crippen molar-refractivity contribution in [1.29, 1.82) is 0 Å².